The summed E-state index contributed by atoms with van der Waals surface area (Å²) in [5.41, 5.74) is 5.74. The Balaban J connectivity index is 0.855. The van der Waals surface area contributed by atoms with Gasteiger partial charge in [-0.3, -0.25) is 19.6 Å². The number of nitrogens with one attached hydrogen (secondary N) is 3. The number of piperazine rings is 1. The van der Waals surface area contributed by atoms with Crippen LogP contribution in [0, 0.1) is 17.0 Å². The molecule has 5 aromatic carbocycles. The third kappa shape index (κ3) is 12.4. The highest BCUT2D eigenvalue weighted by Crippen LogP contribution is 2.42. The molecule has 0 unspecified atom stereocenters. The minimum absolute atomic E-state index is 0.110. The largest absolute Gasteiger partial charge is 0.390 e. The SMILES string of the molecule is Cc1c(C(=O)NC2CC(C)(O)C2)c(-c2cccc(N3CCN(c4ccc(NS(=O)(=O)c5ccc(N[C@H](CCN6CCC(C)(O)CC6)CSc6ccccc6)c([N+](=O)[O-])c5)cc4)CC3)c2)c(-c2ccc(Cl)cc2)n1C. The van der Waals surface area contributed by atoms with E-state index in [4.69, 9.17) is 11.6 Å². The van der Waals surface area contributed by atoms with Crippen LogP contribution in [0.3, 0.4) is 0 Å². The van der Waals surface area contributed by atoms with E-state index in [1.807, 2.05) is 99.8 Å². The molecule has 390 valence electrons. The summed E-state index contributed by atoms with van der Waals surface area (Å²) < 4.78 is 32.3. The van der Waals surface area contributed by atoms with E-state index in [9.17, 15) is 33.5 Å². The molecule has 18 heteroatoms. The van der Waals surface area contributed by atoms with Gasteiger partial charge in [0.2, 0.25) is 0 Å². The van der Waals surface area contributed by atoms with Crippen molar-refractivity contribution in [3.8, 4) is 22.4 Å². The van der Waals surface area contributed by atoms with Gasteiger partial charge in [0.25, 0.3) is 21.6 Å². The van der Waals surface area contributed by atoms with Gasteiger partial charge in [0, 0.05) is 115 Å². The fourth-order valence-electron chi connectivity index (χ4n) is 10.4. The quantitative estimate of drug-likeness (QED) is 0.0312. The zero-order valence-corrected chi connectivity index (χ0v) is 44.6. The number of piperidine rings is 1. The van der Waals surface area contributed by atoms with Crippen LogP contribution in [0.5, 0.6) is 0 Å². The number of hydrogen-bond donors (Lipinski definition) is 5. The first-order valence-electron chi connectivity index (χ1n) is 25.2. The predicted molar refractivity (Wildman–Crippen MR) is 297 cm³/mol. The maximum absolute atomic E-state index is 14.1. The van der Waals surface area contributed by atoms with Crippen LogP contribution in [0.4, 0.5) is 28.4 Å². The zero-order valence-electron chi connectivity index (χ0n) is 42.3. The Morgan fingerprint density at radius 2 is 1.49 bits per heavy atom. The van der Waals surface area contributed by atoms with Gasteiger partial charge in [-0.2, -0.15) is 0 Å². The summed E-state index contributed by atoms with van der Waals surface area (Å²) in [6, 6.07) is 36.7. The van der Waals surface area contributed by atoms with E-state index in [1.54, 1.807) is 30.8 Å². The number of rotatable bonds is 18. The van der Waals surface area contributed by atoms with Crippen LogP contribution >= 0.6 is 23.4 Å². The van der Waals surface area contributed by atoms with E-state index in [2.05, 4.69) is 46.8 Å². The smallest absolute Gasteiger partial charge is 0.293 e. The lowest BCUT2D eigenvalue weighted by Gasteiger charge is -2.41. The standard InChI is InChI=1S/C56H65ClN8O7S2/c1-38-51(54(66)59-44-35-56(3,68)36-44)52(53(61(38)4)39-13-15-41(57)16-14-39)40-9-8-10-46(33-40)64-31-29-63(30-32-64)45-19-17-42(18-20-45)60-74(71,72)48-21-22-49(50(34-48)65(69)70)58-43(37-73-47-11-6-5-7-12-47)23-26-62-27-24-55(2,67)25-28-62/h5-22,33-34,43-44,58,60,67-68H,23-32,35-37H2,1-4H3,(H,59,66)/t43-,44?,56?/m1/s1. The van der Waals surface area contributed by atoms with Gasteiger partial charge in [-0.05, 0) is 137 Å². The average molecular weight is 1060 g/mol. The molecule has 1 atom stereocenters. The maximum atomic E-state index is 14.1. The van der Waals surface area contributed by atoms with Crippen LogP contribution in [0.2, 0.25) is 5.02 Å². The summed E-state index contributed by atoms with van der Waals surface area (Å²) in [6.45, 7) is 10.7. The van der Waals surface area contributed by atoms with E-state index in [0.29, 0.717) is 80.3 Å². The molecule has 0 radical (unpaired) electrons. The number of carbonyl (C=O) groups excluding carboxylic acids is 1. The molecule has 3 heterocycles. The molecule has 0 spiro atoms. The normalized spacial score (nSPS) is 19.4. The number of nitro groups is 1. The van der Waals surface area contributed by atoms with Gasteiger partial charge >= 0.3 is 0 Å². The van der Waals surface area contributed by atoms with Gasteiger partial charge < -0.3 is 40.1 Å². The van der Waals surface area contributed by atoms with Crippen molar-refractivity contribution in [2.45, 2.75) is 86.0 Å². The van der Waals surface area contributed by atoms with Gasteiger partial charge in [-0.15, -0.1) is 11.8 Å². The van der Waals surface area contributed by atoms with Crippen LogP contribution < -0.4 is 25.2 Å². The summed E-state index contributed by atoms with van der Waals surface area (Å²) in [6.07, 6.45) is 3.06. The fourth-order valence-corrected chi connectivity index (χ4v) is 12.6. The molecule has 2 aliphatic heterocycles. The monoisotopic (exact) mass is 1060 g/mol. The molecule has 9 rings (SSSR count). The molecule has 5 N–H and O–H groups in total. The summed E-state index contributed by atoms with van der Waals surface area (Å²) in [5, 5.41) is 40.5. The minimum atomic E-state index is -4.20. The van der Waals surface area contributed by atoms with Gasteiger partial charge in [-0.1, -0.05) is 54.1 Å². The topological polar surface area (TPSA) is 186 Å². The average Bonchev–Trinajstić information content (AvgIpc) is 3.65. The minimum Gasteiger partial charge on any atom is -0.390 e. The van der Waals surface area contributed by atoms with Crippen molar-refractivity contribution in [2.75, 3.05) is 71.4 Å². The second-order valence-electron chi connectivity index (χ2n) is 20.5. The van der Waals surface area contributed by atoms with Crippen LogP contribution in [0.25, 0.3) is 22.4 Å². The van der Waals surface area contributed by atoms with Crippen molar-refractivity contribution >= 4 is 67.7 Å². The Morgan fingerprint density at radius 3 is 2.14 bits per heavy atom. The molecule has 0 bridgehead atoms. The molecule has 15 nitrogen and oxygen atoms in total. The second-order valence-corrected chi connectivity index (χ2v) is 23.7. The van der Waals surface area contributed by atoms with E-state index >= 15 is 0 Å². The Hall–Kier alpha value is -6.08. The van der Waals surface area contributed by atoms with Crippen molar-refractivity contribution in [1.82, 2.24) is 14.8 Å². The number of amides is 1. The first-order valence-corrected chi connectivity index (χ1v) is 28.1. The van der Waals surface area contributed by atoms with Gasteiger partial charge in [-0.25, -0.2) is 8.42 Å². The van der Waals surface area contributed by atoms with Crippen LogP contribution in [0.15, 0.2) is 131 Å². The molecule has 1 aliphatic carbocycles. The molecule has 6 aromatic rings. The van der Waals surface area contributed by atoms with Crippen LogP contribution in [-0.4, -0.2) is 114 Å². The van der Waals surface area contributed by atoms with E-state index in [1.165, 1.54) is 12.1 Å². The number of thioether (sulfide) groups is 1. The van der Waals surface area contributed by atoms with Crippen LogP contribution in [-0.2, 0) is 17.1 Å². The maximum Gasteiger partial charge on any atom is 0.293 e. The van der Waals surface area contributed by atoms with Crippen molar-refractivity contribution in [1.29, 1.82) is 0 Å². The summed E-state index contributed by atoms with van der Waals surface area (Å²) in [4.78, 5) is 33.8. The van der Waals surface area contributed by atoms with Crippen molar-refractivity contribution in [3.63, 3.8) is 0 Å². The predicted octanol–water partition coefficient (Wildman–Crippen LogP) is 9.81. The highest BCUT2D eigenvalue weighted by molar-refractivity contribution is 7.99. The Kier molecular flexibility index (Phi) is 15.7. The number of benzene rings is 5. The Labute approximate surface area is 443 Å². The lowest BCUT2D eigenvalue weighted by atomic mass is 9.77. The number of nitrogens with zero attached hydrogens (tertiary/aromatic N) is 5. The number of aliphatic hydroxyl groups is 2. The van der Waals surface area contributed by atoms with Crippen molar-refractivity contribution in [3.05, 3.63) is 148 Å². The lowest BCUT2D eigenvalue weighted by Crippen LogP contribution is -2.53. The van der Waals surface area contributed by atoms with Crippen LogP contribution in [0.1, 0.15) is 62.0 Å². The number of anilines is 4. The molecular formula is C56H65ClN8O7S2. The second kappa shape index (κ2) is 22.0. The van der Waals surface area contributed by atoms with Crippen molar-refractivity contribution in [2.24, 2.45) is 7.05 Å². The van der Waals surface area contributed by atoms with E-state index in [-0.39, 0.29) is 34.3 Å². The third-order valence-electron chi connectivity index (χ3n) is 14.8. The number of aromatic nitrogens is 1. The molecule has 1 aromatic heterocycles. The summed E-state index contributed by atoms with van der Waals surface area (Å²) in [5.74, 6) is 0.459. The van der Waals surface area contributed by atoms with Crippen molar-refractivity contribution < 1.29 is 28.3 Å². The van der Waals surface area contributed by atoms with Gasteiger partial charge in [0.05, 0.1) is 32.3 Å². The third-order valence-corrected chi connectivity index (χ3v) is 17.6. The highest BCUT2D eigenvalue weighted by Gasteiger charge is 2.40. The molecule has 1 saturated carbocycles. The molecule has 2 saturated heterocycles. The zero-order chi connectivity index (χ0) is 52.4. The molecule has 3 aliphatic rings. The number of sulfonamides is 1. The molecular weight excluding hydrogens is 996 g/mol. The van der Waals surface area contributed by atoms with Gasteiger partial charge in [0.1, 0.15) is 5.69 Å². The molecule has 74 heavy (non-hydrogen) atoms. The number of carbonyl (C=O) groups is 1. The number of nitro benzene ring substituents is 1. The lowest BCUT2D eigenvalue weighted by molar-refractivity contribution is -0.384. The molecule has 1 amide bonds. The molecule has 3 fully saturated rings. The summed E-state index contributed by atoms with van der Waals surface area (Å²) >= 11 is 7.96. The first kappa shape index (κ1) is 52.8. The van der Waals surface area contributed by atoms with E-state index in [0.717, 1.165) is 70.0 Å². The number of halogens is 1. The highest BCUT2D eigenvalue weighted by atomic mass is 35.5. The van der Waals surface area contributed by atoms with E-state index < -0.39 is 26.1 Å². The fraction of sp³-hybridized carbons (Fsp3) is 0.375. The Morgan fingerprint density at radius 1 is 0.824 bits per heavy atom. The van der Waals surface area contributed by atoms with Gasteiger partial charge in [0.15, 0.2) is 0 Å². The first-order chi connectivity index (χ1) is 35.3. The Bertz CT molecular complexity index is 3070. The number of hydrogen-bond acceptors (Lipinski definition) is 12. The summed E-state index contributed by atoms with van der Waals surface area (Å²) in [7, 11) is -2.23. The number of likely N-dealkylation sites (tertiary alicyclic amines) is 1.